The second-order valence-corrected chi connectivity index (χ2v) is 5.44. The van der Waals surface area contributed by atoms with Crippen LogP contribution in [-0.4, -0.2) is 6.04 Å². The summed E-state index contributed by atoms with van der Waals surface area (Å²) in [7, 11) is 0. The quantitative estimate of drug-likeness (QED) is 0.836. The van der Waals surface area contributed by atoms with E-state index in [1.807, 2.05) is 0 Å². The molecule has 0 spiro atoms. The largest absolute Gasteiger partial charge is 0.382 e. The lowest BCUT2D eigenvalue weighted by Gasteiger charge is -2.30. The topological polar surface area (TPSA) is 12.0 Å². The summed E-state index contributed by atoms with van der Waals surface area (Å²) in [5.74, 6) is 0.808. The summed E-state index contributed by atoms with van der Waals surface area (Å²) >= 11 is 3.45. The summed E-state index contributed by atoms with van der Waals surface area (Å²) in [4.78, 5) is 0. The molecule has 1 saturated carbocycles. The van der Waals surface area contributed by atoms with E-state index >= 15 is 0 Å². The first-order chi connectivity index (χ1) is 7.25. The van der Waals surface area contributed by atoms with Gasteiger partial charge in [-0.1, -0.05) is 35.7 Å². The average Bonchev–Trinajstić information content (AvgIpc) is 2.25. The average molecular weight is 268 g/mol. The standard InChI is InChI=1S/C13H18BrN/c1-10-4-2-3-5-13(10)15-12-8-6-11(14)7-9-12/h6-10,13,15H,2-5H2,1H3. The van der Waals surface area contributed by atoms with E-state index in [0.717, 1.165) is 10.4 Å². The highest BCUT2D eigenvalue weighted by atomic mass is 79.9. The van der Waals surface area contributed by atoms with Gasteiger partial charge in [0, 0.05) is 16.2 Å². The summed E-state index contributed by atoms with van der Waals surface area (Å²) in [6, 6.07) is 9.14. The van der Waals surface area contributed by atoms with Gasteiger partial charge in [0.1, 0.15) is 0 Å². The Hall–Kier alpha value is -0.500. The molecule has 2 atom stereocenters. The van der Waals surface area contributed by atoms with Crippen molar-refractivity contribution in [3.8, 4) is 0 Å². The van der Waals surface area contributed by atoms with E-state index < -0.39 is 0 Å². The lowest BCUT2D eigenvalue weighted by Crippen LogP contribution is -2.30. The molecule has 0 aromatic heterocycles. The van der Waals surface area contributed by atoms with Crippen LogP contribution < -0.4 is 5.32 Å². The van der Waals surface area contributed by atoms with Gasteiger partial charge in [-0.05, 0) is 43.0 Å². The number of anilines is 1. The molecule has 2 unspecified atom stereocenters. The van der Waals surface area contributed by atoms with Crippen molar-refractivity contribution < 1.29 is 0 Å². The van der Waals surface area contributed by atoms with Gasteiger partial charge in [0.05, 0.1) is 0 Å². The summed E-state index contributed by atoms with van der Waals surface area (Å²) in [5.41, 5.74) is 1.25. The van der Waals surface area contributed by atoms with Crippen molar-refractivity contribution in [2.24, 2.45) is 5.92 Å². The molecule has 1 aliphatic rings. The molecule has 82 valence electrons. The van der Waals surface area contributed by atoms with Gasteiger partial charge < -0.3 is 5.32 Å². The van der Waals surface area contributed by atoms with Gasteiger partial charge in [-0.3, -0.25) is 0 Å². The zero-order valence-electron chi connectivity index (χ0n) is 9.17. The number of halogens is 1. The molecule has 0 saturated heterocycles. The van der Waals surface area contributed by atoms with Crippen molar-refractivity contribution in [3.05, 3.63) is 28.7 Å². The highest BCUT2D eigenvalue weighted by Gasteiger charge is 2.20. The van der Waals surface area contributed by atoms with E-state index in [1.165, 1.54) is 31.4 Å². The van der Waals surface area contributed by atoms with Gasteiger partial charge in [-0.15, -0.1) is 0 Å². The van der Waals surface area contributed by atoms with E-state index in [1.54, 1.807) is 0 Å². The summed E-state index contributed by atoms with van der Waals surface area (Å²) < 4.78 is 1.14. The predicted octanol–water partition coefficient (Wildman–Crippen LogP) is 4.44. The molecule has 0 amide bonds. The number of rotatable bonds is 2. The SMILES string of the molecule is CC1CCCCC1Nc1ccc(Br)cc1. The van der Waals surface area contributed by atoms with Crippen molar-refractivity contribution in [2.75, 3.05) is 5.32 Å². The second kappa shape index (κ2) is 5.02. The maximum atomic E-state index is 3.64. The van der Waals surface area contributed by atoms with Gasteiger partial charge in [-0.2, -0.15) is 0 Å². The fraction of sp³-hybridized carbons (Fsp3) is 0.538. The van der Waals surface area contributed by atoms with Crippen LogP contribution in [0, 0.1) is 5.92 Å². The van der Waals surface area contributed by atoms with Gasteiger partial charge in [0.2, 0.25) is 0 Å². The van der Waals surface area contributed by atoms with Crippen LogP contribution in [0.2, 0.25) is 0 Å². The fourth-order valence-electron chi connectivity index (χ4n) is 2.29. The molecular formula is C13H18BrN. The van der Waals surface area contributed by atoms with Crippen LogP contribution in [0.25, 0.3) is 0 Å². The van der Waals surface area contributed by atoms with Crippen LogP contribution in [0.1, 0.15) is 32.6 Å². The molecule has 1 N–H and O–H groups in total. The molecule has 1 aromatic rings. The van der Waals surface area contributed by atoms with Gasteiger partial charge in [0.15, 0.2) is 0 Å². The molecular weight excluding hydrogens is 250 g/mol. The first kappa shape index (κ1) is 11.0. The highest BCUT2D eigenvalue weighted by Crippen LogP contribution is 2.27. The van der Waals surface area contributed by atoms with Gasteiger partial charge in [0.25, 0.3) is 0 Å². The van der Waals surface area contributed by atoms with Crippen molar-refractivity contribution in [3.63, 3.8) is 0 Å². The minimum absolute atomic E-state index is 0.667. The van der Waals surface area contributed by atoms with Gasteiger partial charge >= 0.3 is 0 Å². The Kier molecular flexibility index (Phi) is 3.68. The predicted molar refractivity (Wildman–Crippen MR) is 69.2 cm³/mol. The summed E-state index contributed by atoms with van der Waals surface area (Å²) in [6.07, 6.45) is 5.46. The van der Waals surface area contributed by atoms with Crippen molar-refractivity contribution in [1.29, 1.82) is 0 Å². The maximum Gasteiger partial charge on any atom is 0.0343 e. The third-order valence-electron chi connectivity index (χ3n) is 3.31. The molecule has 0 bridgehead atoms. The van der Waals surface area contributed by atoms with Crippen molar-refractivity contribution >= 4 is 21.6 Å². The first-order valence-electron chi connectivity index (χ1n) is 5.78. The van der Waals surface area contributed by atoms with Gasteiger partial charge in [-0.25, -0.2) is 0 Å². The smallest absolute Gasteiger partial charge is 0.0343 e. The zero-order valence-corrected chi connectivity index (χ0v) is 10.8. The Morgan fingerprint density at radius 3 is 2.47 bits per heavy atom. The molecule has 15 heavy (non-hydrogen) atoms. The molecule has 1 fully saturated rings. The maximum absolute atomic E-state index is 3.64. The Bertz CT molecular complexity index is 307. The number of hydrogen-bond acceptors (Lipinski definition) is 1. The van der Waals surface area contributed by atoms with Crippen LogP contribution in [0.3, 0.4) is 0 Å². The normalized spacial score (nSPS) is 26.3. The van der Waals surface area contributed by atoms with E-state index in [2.05, 4.69) is 52.4 Å². The zero-order chi connectivity index (χ0) is 10.7. The fourth-order valence-corrected chi connectivity index (χ4v) is 2.56. The van der Waals surface area contributed by atoms with E-state index in [4.69, 9.17) is 0 Å². The summed E-state index contributed by atoms with van der Waals surface area (Å²) in [5, 5.41) is 3.64. The van der Waals surface area contributed by atoms with Crippen LogP contribution in [0.5, 0.6) is 0 Å². The molecule has 1 aromatic carbocycles. The Labute approximate surface area is 100 Å². The highest BCUT2D eigenvalue weighted by molar-refractivity contribution is 9.10. The molecule has 2 heteroatoms. The van der Waals surface area contributed by atoms with E-state index in [9.17, 15) is 0 Å². The molecule has 0 aliphatic heterocycles. The lowest BCUT2D eigenvalue weighted by molar-refractivity contribution is 0.349. The number of hydrogen-bond donors (Lipinski definition) is 1. The minimum atomic E-state index is 0.667. The Balaban J connectivity index is 1.98. The molecule has 2 rings (SSSR count). The minimum Gasteiger partial charge on any atom is -0.382 e. The number of nitrogens with one attached hydrogen (secondary N) is 1. The second-order valence-electron chi connectivity index (χ2n) is 4.52. The molecule has 1 nitrogen and oxygen atoms in total. The first-order valence-corrected chi connectivity index (χ1v) is 6.57. The van der Waals surface area contributed by atoms with Crippen molar-refractivity contribution in [1.82, 2.24) is 0 Å². The van der Waals surface area contributed by atoms with Crippen LogP contribution in [0.4, 0.5) is 5.69 Å². The van der Waals surface area contributed by atoms with E-state index in [-0.39, 0.29) is 0 Å². The van der Waals surface area contributed by atoms with E-state index in [0.29, 0.717) is 6.04 Å². The summed E-state index contributed by atoms with van der Waals surface area (Å²) in [6.45, 7) is 2.36. The van der Waals surface area contributed by atoms with Crippen LogP contribution in [-0.2, 0) is 0 Å². The van der Waals surface area contributed by atoms with Crippen LogP contribution >= 0.6 is 15.9 Å². The lowest BCUT2D eigenvalue weighted by atomic mass is 9.86. The molecule has 0 radical (unpaired) electrons. The molecule has 1 aliphatic carbocycles. The third kappa shape index (κ3) is 2.97. The Morgan fingerprint density at radius 2 is 1.80 bits per heavy atom. The third-order valence-corrected chi connectivity index (χ3v) is 3.84. The number of benzene rings is 1. The Morgan fingerprint density at radius 1 is 1.13 bits per heavy atom. The monoisotopic (exact) mass is 267 g/mol. The van der Waals surface area contributed by atoms with Crippen molar-refractivity contribution in [2.45, 2.75) is 38.6 Å². The molecule has 0 heterocycles. The van der Waals surface area contributed by atoms with Crippen LogP contribution in [0.15, 0.2) is 28.7 Å².